The van der Waals surface area contributed by atoms with Crippen molar-refractivity contribution >= 4 is 5.91 Å². The normalized spacial score (nSPS) is 21.5. The SMILES string of the molecule is Cc1cnc(-c2cccnc2)n1C1CCN(C(=O)C2CCCC2)C1. The third-order valence-electron chi connectivity index (χ3n) is 5.45. The Morgan fingerprint density at radius 2 is 2.04 bits per heavy atom. The number of nitrogens with zero attached hydrogens (tertiary/aromatic N) is 4. The van der Waals surface area contributed by atoms with Gasteiger partial charge in [0.2, 0.25) is 5.91 Å². The highest BCUT2D eigenvalue weighted by Gasteiger charge is 2.34. The number of hydrogen-bond acceptors (Lipinski definition) is 3. The average Bonchev–Trinajstić information content (AvgIpc) is 3.35. The zero-order valence-corrected chi connectivity index (χ0v) is 14.2. The summed E-state index contributed by atoms with van der Waals surface area (Å²) in [4.78, 5) is 23.6. The van der Waals surface area contributed by atoms with Gasteiger partial charge in [0, 0.05) is 48.9 Å². The van der Waals surface area contributed by atoms with Crippen molar-refractivity contribution in [1.29, 1.82) is 0 Å². The van der Waals surface area contributed by atoms with E-state index in [0.717, 1.165) is 49.4 Å². The molecule has 3 heterocycles. The fourth-order valence-electron chi connectivity index (χ4n) is 4.20. The molecule has 1 atom stereocenters. The number of imidazole rings is 1. The van der Waals surface area contributed by atoms with Gasteiger partial charge in [-0.05, 0) is 38.3 Å². The predicted molar refractivity (Wildman–Crippen MR) is 92.4 cm³/mol. The fourth-order valence-corrected chi connectivity index (χ4v) is 4.20. The molecule has 0 spiro atoms. The van der Waals surface area contributed by atoms with Crippen molar-refractivity contribution in [3.05, 3.63) is 36.4 Å². The van der Waals surface area contributed by atoms with Crippen molar-refractivity contribution in [1.82, 2.24) is 19.4 Å². The second kappa shape index (κ2) is 6.38. The number of amides is 1. The van der Waals surface area contributed by atoms with E-state index in [-0.39, 0.29) is 5.92 Å². The Morgan fingerprint density at radius 1 is 1.21 bits per heavy atom. The highest BCUT2D eigenvalue weighted by Crippen LogP contribution is 2.32. The van der Waals surface area contributed by atoms with Crippen LogP contribution < -0.4 is 0 Å². The van der Waals surface area contributed by atoms with Crippen molar-refractivity contribution in [2.45, 2.75) is 45.1 Å². The molecular formula is C19H24N4O. The molecule has 2 aromatic rings. The summed E-state index contributed by atoms with van der Waals surface area (Å²) in [5, 5.41) is 0. The van der Waals surface area contributed by atoms with Crippen molar-refractivity contribution in [3.63, 3.8) is 0 Å². The van der Waals surface area contributed by atoms with Crippen molar-refractivity contribution in [2.75, 3.05) is 13.1 Å². The maximum absolute atomic E-state index is 12.7. The van der Waals surface area contributed by atoms with E-state index in [1.165, 1.54) is 12.8 Å². The summed E-state index contributed by atoms with van der Waals surface area (Å²) in [6.07, 6.45) is 11.1. The summed E-state index contributed by atoms with van der Waals surface area (Å²) in [5.41, 5.74) is 2.18. The largest absolute Gasteiger partial charge is 0.340 e. The molecule has 1 saturated carbocycles. The van der Waals surface area contributed by atoms with E-state index in [0.29, 0.717) is 11.9 Å². The maximum Gasteiger partial charge on any atom is 0.225 e. The lowest BCUT2D eigenvalue weighted by Gasteiger charge is -2.22. The second-order valence-corrected chi connectivity index (χ2v) is 7.04. The first-order valence-corrected chi connectivity index (χ1v) is 8.97. The van der Waals surface area contributed by atoms with Crippen LogP contribution in [0.3, 0.4) is 0 Å². The van der Waals surface area contributed by atoms with Crippen LogP contribution in [0.2, 0.25) is 0 Å². The van der Waals surface area contributed by atoms with Crippen LogP contribution in [-0.2, 0) is 4.79 Å². The smallest absolute Gasteiger partial charge is 0.225 e. The minimum Gasteiger partial charge on any atom is -0.340 e. The number of rotatable bonds is 3. The molecule has 5 nitrogen and oxygen atoms in total. The topological polar surface area (TPSA) is 51.0 Å². The fraction of sp³-hybridized carbons (Fsp3) is 0.526. The number of carbonyl (C=O) groups excluding carboxylic acids is 1. The summed E-state index contributed by atoms with van der Waals surface area (Å²) in [5.74, 6) is 1.60. The summed E-state index contributed by atoms with van der Waals surface area (Å²) < 4.78 is 2.29. The molecule has 0 radical (unpaired) electrons. The summed E-state index contributed by atoms with van der Waals surface area (Å²) in [7, 11) is 0. The molecule has 2 aliphatic rings. The molecular weight excluding hydrogens is 300 g/mol. The van der Waals surface area contributed by atoms with Gasteiger partial charge in [-0.1, -0.05) is 12.8 Å². The number of carbonyl (C=O) groups is 1. The van der Waals surface area contributed by atoms with E-state index in [1.54, 1.807) is 6.20 Å². The van der Waals surface area contributed by atoms with Gasteiger partial charge in [0.1, 0.15) is 5.82 Å². The molecule has 1 saturated heterocycles. The standard InChI is InChI=1S/C19H24N4O/c1-14-11-21-18(16-7-4-9-20-12-16)23(14)17-8-10-22(13-17)19(24)15-5-2-3-6-15/h4,7,9,11-12,15,17H,2-3,5-6,8,10,13H2,1H3. The number of likely N-dealkylation sites (tertiary alicyclic amines) is 1. The number of hydrogen-bond donors (Lipinski definition) is 0. The second-order valence-electron chi connectivity index (χ2n) is 7.04. The van der Waals surface area contributed by atoms with Gasteiger partial charge in [0.15, 0.2) is 0 Å². The van der Waals surface area contributed by atoms with Crippen LogP contribution >= 0.6 is 0 Å². The molecule has 5 heteroatoms. The summed E-state index contributed by atoms with van der Waals surface area (Å²) >= 11 is 0. The Balaban J connectivity index is 1.55. The van der Waals surface area contributed by atoms with Crippen molar-refractivity contribution < 1.29 is 4.79 Å². The predicted octanol–water partition coefficient (Wildman–Crippen LogP) is 3.22. The van der Waals surface area contributed by atoms with Crippen molar-refractivity contribution in [2.24, 2.45) is 5.92 Å². The van der Waals surface area contributed by atoms with Crippen LogP contribution in [0.15, 0.2) is 30.7 Å². The first kappa shape index (κ1) is 15.4. The number of aryl methyl sites for hydroxylation is 1. The third-order valence-corrected chi connectivity index (χ3v) is 5.45. The van der Waals surface area contributed by atoms with Gasteiger partial charge in [-0.15, -0.1) is 0 Å². The molecule has 1 unspecified atom stereocenters. The van der Waals surface area contributed by atoms with Crippen LogP contribution in [0.4, 0.5) is 0 Å². The first-order valence-electron chi connectivity index (χ1n) is 8.97. The van der Waals surface area contributed by atoms with Crippen molar-refractivity contribution in [3.8, 4) is 11.4 Å². The van der Waals surface area contributed by atoms with Crippen LogP contribution in [-0.4, -0.2) is 38.4 Å². The van der Waals surface area contributed by atoms with Gasteiger partial charge in [0.05, 0.1) is 6.04 Å². The van der Waals surface area contributed by atoms with Gasteiger partial charge in [-0.3, -0.25) is 9.78 Å². The van der Waals surface area contributed by atoms with E-state index >= 15 is 0 Å². The lowest BCUT2D eigenvalue weighted by Crippen LogP contribution is -2.33. The summed E-state index contributed by atoms with van der Waals surface area (Å²) in [6.45, 7) is 3.76. The Labute approximate surface area is 142 Å². The van der Waals surface area contributed by atoms with E-state index in [9.17, 15) is 4.79 Å². The zero-order valence-electron chi connectivity index (χ0n) is 14.2. The molecule has 2 aromatic heterocycles. The van der Waals surface area contributed by atoms with Crippen LogP contribution in [0.5, 0.6) is 0 Å². The Hall–Kier alpha value is -2.17. The van der Waals surface area contributed by atoms with Gasteiger partial charge >= 0.3 is 0 Å². The van der Waals surface area contributed by atoms with E-state index in [4.69, 9.17) is 0 Å². The third kappa shape index (κ3) is 2.72. The lowest BCUT2D eigenvalue weighted by molar-refractivity contribution is -0.134. The molecule has 2 fully saturated rings. The first-order chi connectivity index (χ1) is 11.7. The van der Waals surface area contributed by atoms with Gasteiger partial charge in [-0.25, -0.2) is 4.98 Å². The monoisotopic (exact) mass is 324 g/mol. The Morgan fingerprint density at radius 3 is 2.79 bits per heavy atom. The minimum atomic E-state index is 0.269. The average molecular weight is 324 g/mol. The molecule has 1 aliphatic carbocycles. The van der Waals surface area contributed by atoms with E-state index in [1.807, 2.05) is 24.5 Å². The minimum absolute atomic E-state index is 0.269. The maximum atomic E-state index is 12.7. The highest BCUT2D eigenvalue weighted by atomic mass is 16.2. The molecule has 1 amide bonds. The van der Waals surface area contributed by atoms with Gasteiger partial charge in [0.25, 0.3) is 0 Å². The molecule has 0 aromatic carbocycles. The van der Waals surface area contributed by atoms with Gasteiger partial charge in [-0.2, -0.15) is 0 Å². The van der Waals surface area contributed by atoms with Crippen LogP contribution in [0.1, 0.15) is 43.8 Å². The molecule has 126 valence electrons. The van der Waals surface area contributed by atoms with Crippen LogP contribution in [0.25, 0.3) is 11.4 Å². The molecule has 1 aliphatic heterocycles. The number of aromatic nitrogens is 3. The van der Waals surface area contributed by atoms with E-state index < -0.39 is 0 Å². The number of pyridine rings is 1. The molecule has 4 rings (SSSR count). The summed E-state index contributed by atoms with van der Waals surface area (Å²) in [6, 6.07) is 4.30. The highest BCUT2D eigenvalue weighted by molar-refractivity contribution is 5.79. The molecule has 24 heavy (non-hydrogen) atoms. The molecule has 0 N–H and O–H groups in total. The Kier molecular flexibility index (Phi) is 4.08. The quantitative estimate of drug-likeness (QED) is 0.871. The molecule has 0 bridgehead atoms. The van der Waals surface area contributed by atoms with E-state index in [2.05, 4.69) is 26.4 Å². The lowest BCUT2D eigenvalue weighted by atomic mass is 10.1. The van der Waals surface area contributed by atoms with Crippen LogP contribution in [0, 0.1) is 12.8 Å². The zero-order chi connectivity index (χ0) is 16.5. The van der Waals surface area contributed by atoms with Gasteiger partial charge < -0.3 is 9.47 Å². The Bertz CT molecular complexity index is 718.